The Morgan fingerprint density at radius 2 is 1.95 bits per heavy atom. The second kappa shape index (κ2) is 5.69. The summed E-state index contributed by atoms with van der Waals surface area (Å²) in [6.07, 6.45) is 0. The number of esters is 1. The predicted octanol–water partition coefficient (Wildman–Crippen LogP) is 2.72. The quantitative estimate of drug-likeness (QED) is 0.792. The molecule has 0 saturated carbocycles. The smallest absolute Gasteiger partial charge is 0.358 e. The zero-order valence-electron chi connectivity index (χ0n) is 11.5. The van der Waals surface area contributed by atoms with E-state index in [1.54, 1.807) is 13.0 Å². The van der Waals surface area contributed by atoms with Crippen LogP contribution in [0.2, 0.25) is 0 Å². The first-order valence-electron chi connectivity index (χ1n) is 6.37. The van der Waals surface area contributed by atoms with Crippen molar-refractivity contribution in [3.63, 3.8) is 0 Å². The lowest BCUT2D eigenvalue weighted by Gasteiger charge is -2.04. The number of rotatable bonds is 4. The number of ether oxygens (including phenoxy) is 1. The van der Waals surface area contributed by atoms with Crippen molar-refractivity contribution >= 4 is 5.97 Å². The van der Waals surface area contributed by atoms with E-state index in [4.69, 9.17) is 4.74 Å². The first-order chi connectivity index (χ1) is 9.10. The Kier molecular flexibility index (Phi) is 4.00. The number of benzene rings is 1. The number of nitrogens with zero attached hydrogens (tertiary/aromatic N) is 2. The molecule has 2 rings (SSSR count). The molecule has 0 amide bonds. The molecule has 1 aromatic heterocycles. The Morgan fingerprint density at radius 1 is 1.26 bits per heavy atom. The highest BCUT2D eigenvalue weighted by Gasteiger charge is 2.13. The summed E-state index contributed by atoms with van der Waals surface area (Å²) >= 11 is 0. The van der Waals surface area contributed by atoms with Crippen molar-refractivity contribution in [2.24, 2.45) is 0 Å². The minimum atomic E-state index is -0.367. The molecule has 2 aromatic rings. The topological polar surface area (TPSA) is 44.1 Å². The van der Waals surface area contributed by atoms with Gasteiger partial charge in [0.15, 0.2) is 5.69 Å². The Labute approximate surface area is 113 Å². The van der Waals surface area contributed by atoms with Crippen molar-refractivity contribution in [1.82, 2.24) is 9.78 Å². The van der Waals surface area contributed by atoms with Crippen molar-refractivity contribution < 1.29 is 9.53 Å². The van der Waals surface area contributed by atoms with Crippen LogP contribution >= 0.6 is 0 Å². The van der Waals surface area contributed by atoms with Crippen LogP contribution in [0, 0.1) is 13.8 Å². The van der Waals surface area contributed by atoms with Crippen LogP contribution in [-0.2, 0) is 11.3 Å². The van der Waals surface area contributed by atoms with E-state index in [2.05, 4.69) is 36.3 Å². The van der Waals surface area contributed by atoms with E-state index in [0.29, 0.717) is 18.8 Å². The maximum Gasteiger partial charge on any atom is 0.358 e. The second-order valence-electron chi connectivity index (χ2n) is 4.53. The molecule has 0 saturated heterocycles. The summed E-state index contributed by atoms with van der Waals surface area (Å²) in [5.74, 6) is -0.367. The van der Waals surface area contributed by atoms with Crippen LogP contribution < -0.4 is 0 Å². The molecule has 0 N–H and O–H groups in total. The van der Waals surface area contributed by atoms with E-state index >= 15 is 0 Å². The molecule has 0 bridgehead atoms. The van der Waals surface area contributed by atoms with Crippen LogP contribution in [-0.4, -0.2) is 22.4 Å². The van der Waals surface area contributed by atoms with Gasteiger partial charge in [-0.05, 0) is 32.4 Å². The molecular weight excluding hydrogens is 240 g/mol. The van der Waals surface area contributed by atoms with Gasteiger partial charge in [-0.2, -0.15) is 5.10 Å². The van der Waals surface area contributed by atoms with E-state index in [-0.39, 0.29) is 5.97 Å². The summed E-state index contributed by atoms with van der Waals surface area (Å²) in [6, 6.07) is 10.0. The summed E-state index contributed by atoms with van der Waals surface area (Å²) in [6.45, 7) is 6.80. The van der Waals surface area contributed by atoms with Gasteiger partial charge in [0, 0.05) is 5.69 Å². The van der Waals surface area contributed by atoms with E-state index in [0.717, 1.165) is 11.3 Å². The molecule has 0 aliphatic carbocycles. The third kappa shape index (κ3) is 3.22. The minimum absolute atomic E-state index is 0.364. The molecule has 0 fully saturated rings. The lowest BCUT2D eigenvalue weighted by atomic mass is 10.1. The Balaban J connectivity index is 2.17. The highest BCUT2D eigenvalue weighted by molar-refractivity contribution is 5.87. The lowest BCUT2D eigenvalue weighted by Crippen LogP contribution is -2.08. The monoisotopic (exact) mass is 258 g/mol. The molecule has 0 radical (unpaired) electrons. The Morgan fingerprint density at radius 3 is 2.58 bits per heavy atom. The summed E-state index contributed by atoms with van der Waals surface area (Å²) in [5.41, 5.74) is 3.70. The third-order valence-corrected chi connectivity index (χ3v) is 2.92. The van der Waals surface area contributed by atoms with E-state index in [9.17, 15) is 4.79 Å². The molecule has 0 spiro atoms. The van der Waals surface area contributed by atoms with Gasteiger partial charge >= 0.3 is 5.97 Å². The van der Waals surface area contributed by atoms with Gasteiger partial charge in [0.05, 0.1) is 13.2 Å². The number of aryl methyl sites for hydroxylation is 2. The number of hydrogen-bond donors (Lipinski definition) is 0. The van der Waals surface area contributed by atoms with Crippen LogP contribution in [0.4, 0.5) is 0 Å². The Bertz CT molecular complexity index is 570. The molecule has 1 aromatic carbocycles. The van der Waals surface area contributed by atoms with Crippen molar-refractivity contribution in [1.29, 1.82) is 0 Å². The Hall–Kier alpha value is -2.10. The van der Waals surface area contributed by atoms with Crippen LogP contribution in [0.3, 0.4) is 0 Å². The number of aromatic nitrogens is 2. The van der Waals surface area contributed by atoms with E-state index in [1.165, 1.54) is 5.56 Å². The molecular formula is C15H18N2O2. The molecule has 100 valence electrons. The van der Waals surface area contributed by atoms with Gasteiger partial charge in [0.2, 0.25) is 0 Å². The van der Waals surface area contributed by atoms with Gasteiger partial charge in [-0.1, -0.05) is 29.8 Å². The van der Waals surface area contributed by atoms with Gasteiger partial charge in [-0.25, -0.2) is 4.79 Å². The first kappa shape index (κ1) is 13.3. The second-order valence-corrected chi connectivity index (χ2v) is 4.53. The largest absolute Gasteiger partial charge is 0.461 e. The third-order valence-electron chi connectivity index (χ3n) is 2.92. The normalized spacial score (nSPS) is 10.5. The zero-order chi connectivity index (χ0) is 13.8. The lowest BCUT2D eigenvalue weighted by molar-refractivity contribution is 0.0518. The fraction of sp³-hybridized carbons (Fsp3) is 0.333. The average molecular weight is 258 g/mol. The summed E-state index contributed by atoms with van der Waals surface area (Å²) in [7, 11) is 0. The molecule has 0 atom stereocenters. The fourth-order valence-electron chi connectivity index (χ4n) is 1.84. The summed E-state index contributed by atoms with van der Waals surface area (Å²) in [4.78, 5) is 11.6. The fourth-order valence-corrected chi connectivity index (χ4v) is 1.84. The van der Waals surface area contributed by atoms with Gasteiger partial charge in [0.1, 0.15) is 0 Å². The van der Waals surface area contributed by atoms with Crippen LogP contribution in [0.25, 0.3) is 0 Å². The van der Waals surface area contributed by atoms with Crippen molar-refractivity contribution in [3.05, 3.63) is 52.8 Å². The van der Waals surface area contributed by atoms with Crippen molar-refractivity contribution in [3.8, 4) is 0 Å². The van der Waals surface area contributed by atoms with E-state index < -0.39 is 0 Å². The van der Waals surface area contributed by atoms with E-state index in [1.807, 2.05) is 11.6 Å². The van der Waals surface area contributed by atoms with Crippen LogP contribution in [0.1, 0.15) is 34.2 Å². The maximum atomic E-state index is 11.6. The summed E-state index contributed by atoms with van der Waals surface area (Å²) in [5, 5.41) is 4.29. The van der Waals surface area contributed by atoms with Gasteiger partial charge in [0.25, 0.3) is 0 Å². The van der Waals surface area contributed by atoms with Gasteiger partial charge < -0.3 is 4.74 Å². The molecule has 4 nitrogen and oxygen atoms in total. The van der Waals surface area contributed by atoms with Crippen LogP contribution in [0.5, 0.6) is 0 Å². The molecule has 0 aliphatic heterocycles. The summed E-state index contributed by atoms with van der Waals surface area (Å²) < 4.78 is 6.76. The molecule has 0 unspecified atom stereocenters. The highest BCUT2D eigenvalue weighted by atomic mass is 16.5. The standard InChI is InChI=1S/C15H18N2O2/c1-4-19-15(18)14-9-12(3)17(16-14)10-13-7-5-11(2)6-8-13/h5-9H,4,10H2,1-3H3. The maximum absolute atomic E-state index is 11.6. The number of carbonyl (C=O) groups excluding carboxylic acids is 1. The molecule has 0 aliphatic rings. The van der Waals surface area contributed by atoms with Crippen molar-refractivity contribution in [2.45, 2.75) is 27.3 Å². The first-order valence-corrected chi connectivity index (χ1v) is 6.37. The highest BCUT2D eigenvalue weighted by Crippen LogP contribution is 2.10. The van der Waals surface area contributed by atoms with Crippen LogP contribution in [0.15, 0.2) is 30.3 Å². The predicted molar refractivity (Wildman–Crippen MR) is 73.2 cm³/mol. The number of hydrogen-bond acceptors (Lipinski definition) is 3. The number of carbonyl (C=O) groups is 1. The average Bonchev–Trinajstić information content (AvgIpc) is 2.74. The molecule has 1 heterocycles. The van der Waals surface area contributed by atoms with Crippen molar-refractivity contribution in [2.75, 3.05) is 6.61 Å². The zero-order valence-corrected chi connectivity index (χ0v) is 11.5. The van der Waals surface area contributed by atoms with Gasteiger partial charge in [-0.3, -0.25) is 4.68 Å². The molecule has 4 heteroatoms. The SMILES string of the molecule is CCOC(=O)c1cc(C)n(Cc2ccc(C)cc2)n1. The molecule has 19 heavy (non-hydrogen) atoms. The minimum Gasteiger partial charge on any atom is -0.461 e. The van der Waals surface area contributed by atoms with Gasteiger partial charge in [-0.15, -0.1) is 0 Å².